The van der Waals surface area contributed by atoms with E-state index in [4.69, 9.17) is 0 Å². The van der Waals surface area contributed by atoms with Crippen molar-refractivity contribution >= 4 is 0 Å². The third kappa shape index (κ3) is 2.58. The summed E-state index contributed by atoms with van der Waals surface area (Å²) in [5.41, 5.74) is 0.850. The molecule has 0 amide bonds. The summed E-state index contributed by atoms with van der Waals surface area (Å²) in [6.07, 6.45) is 6.10. The molecule has 19 heavy (non-hydrogen) atoms. The molecule has 0 radical (unpaired) electrons. The van der Waals surface area contributed by atoms with Gasteiger partial charge in [0.2, 0.25) is 0 Å². The lowest BCUT2D eigenvalue weighted by Crippen LogP contribution is -2.52. The lowest BCUT2D eigenvalue weighted by Gasteiger charge is -2.44. The Balaban J connectivity index is 1.96. The highest BCUT2D eigenvalue weighted by Gasteiger charge is 2.58. The highest BCUT2D eigenvalue weighted by Crippen LogP contribution is 2.62. The van der Waals surface area contributed by atoms with E-state index in [1.54, 1.807) is 0 Å². The maximum atomic E-state index is 10.3. The molecule has 0 heterocycles. The van der Waals surface area contributed by atoms with Crippen molar-refractivity contribution in [3.8, 4) is 0 Å². The molecule has 2 bridgehead atoms. The number of aliphatic hydroxyl groups excluding tert-OH is 1. The number of fused-ring (bicyclic) bond motifs is 2. The first-order valence-electron chi connectivity index (χ1n) is 8.26. The van der Waals surface area contributed by atoms with Gasteiger partial charge in [-0.25, -0.2) is 0 Å². The summed E-state index contributed by atoms with van der Waals surface area (Å²) in [6.45, 7) is 12.4. The van der Waals surface area contributed by atoms with Crippen LogP contribution in [0.2, 0.25) is 0 Å². The Bertz CT molecular complexity index is 306. The van der Waals surface area contributed by atoms with Crippen molar-refractivity contribution < 1.29 is 5.11 Å². The third-order valence-corrected chi connectivity index (χ3v) is 6.39. The molecular formula is C17H33NO. The van der Waals surface area contributed by atoms with Crippen LogP contribution in [-0.2, 0) is 0 Å². The summed E-state index contributed by atoms with van der Waals surface area (Å²) in [5, 5.41) is 14.1. The molecule has 0 spiro atoms. The van der Waals surface area contributed by atoms with Gasteiger partial charge in [-0.05, 0) is 41.9 Å². The summed E-state index contributed by atoms with van der Waals surface area (Å²) >= 11 is 0. The monoisotopic (exact) mass is 267 g/mol. The van der Waals surface area contributed by atoms with Crippen molar-refractivity contribution in [2.24, 2.45) is 22.7 Å². The van der Waals surface area contributed by atoms with Crippen molar-refractivity contribution in [1.82, 2.24) is 5.32 Å². The van der Waals surface area contributed by atoms with E-state index in [0.29, 0.717) is 22.8 Å². The molecule has 0 aromatic heterocycles. The van der Waals surface area contributed by atoms with Gasteiger partial charge in [0.25, 0.3) is 0 Å². The molecule has 112 valence electrons. The van der Waals surface area contributed by atoms with E-state index in [0.717, 1.165) is 25.3 Å². The fraction of sp³-hybridized carbons (Fsp3) is 1.00. The van der Waals surface area contributed by atoms with Crippen LogP contribution in [0.25, 0.3) is 0 Å². The summed E-state index contributed by atoms with van der Waals surface area (Å²) in [4.78, 5) is 0. The SMILES string of the molecule is CCC(CC)C(O)CNC1C2(C)CCC(C2)C1(C)C. The largest absolute Gasteiger partial charge is 0.392 e. The van der Waals surface area contributed by atoms with Gasteiger partial charge >= 0.3 is 0 Å². The Morgan fingerprint density at radius 1 is 1.21 bits per heavy atom. The van der Waals surface area contributed by atoms with Gasteiger partial charge in [0, 0.05) is 12.6 Å². The second-order valence-electron chi connectivity index (χ2n) is 7.90. The van der Waals surface area contributed by atoms with Crippen LogP contribution < -0.4 is 5.32 Å². The van der Waals surface area contributed by atoms with Crippen LogP contribution in [0.15, 0.2) is 0 Å². The van der Waals surface area contributed by atoms with Gasteiger partial charge in [-0.1, -0.05) is 47.5 Å². The molecule has 0 saturated heterocycles. The second-order valence-corrected chi connectivity index (χ2v) is 7.90. The average molecular weight is 267 g/mol. The maximum absolute atomic E-state index is 10.3. The van der Waals surface area contributed by atoms with Crippen molar-refractivity contribution in [3.05, 3.63) is 0 Å². The lowest BCUT2D eigenvalue weighted by atomic mass is 9.68. The topological polar surface area (TPSA) is 32.3 Å². The molecule has 2 rings (SSSR count). The molecular weight excluding hydrogens is 234 g/mol. The van der Waals surface area contributed by atoms with Crippen molar-refractivity contribution in [3.63, 3.8) is 0 Å². The Morgan fingerprint density at radius 2 is 1.84 bits per heavy atom. The number of hydrogen-bond donors (Lipinski definition) is 2. The number of aliphatic hydroxyl groups is 1. The predicted octanol–water partition coefficient (Wildman–Crippen LogP) is 3.59. The normalized spacial score (nSPS) is 38.1. The van der Waals surface area contributed by atoms with E-state index < -0.39 is 0 Å². The Kier molecular flexibility index (Phi) is 4.32. The quantitative estimate of drug-likeness (QED) is 0.771. The van der Waals surface area contributed by atoms with Crippen LogP contribution >= 0.6 is 0 Å². The van der Waals surface area contributed by atoms with E-state index in [9.17, 15) is 5.11 Å². The molecule has 4 unspecified atom stereocenters. The van der Waals surface area contributed by atoms with Gasteiger partial charge < -0.3 is 10.4 Å². The summed E-state index contributed by atoms with van der Waals surface area (Å²) in [5.74, 6) is 1.32. The van der Waals surface area contributed by atoms with Crippen molar-refractivity contribution in [2.45, 2.75) is 78.9 Å². The fourth-order valence-corrected chi connectivity index (χ4v) is 5.05. The van der Waals surface area contributed by atoms with Crippen LogP contribution in [-0.4, -0.2) is 23.8 Å². The van der Waals surface area contributed by atoms with Crippen LogP contribution in [0.4, 0.5) is 0 Å². The van der Waals surface area contributed by atoms with Gasteiger partial charge in [0.05, 0.1) is 6.10 Å². The summed E-state index contributed by atoms with van der Waals surface area (Å²) < 4.78 is 0. The first-order chi connectivity index (χ1) is 8.85. The highest BCUT2D eigenvalue weighted by atomic mass is 16.3. The van der Waals surface area contributed by atoms with E-state index in [2.05, 4.69) is 39.9 Å². The maximum Gasteiger partial charge on any atom is 0.0692 e. The lowest BCUT2D eigenvalue weighted by molar-refractivity contribution is 0.0635. The van der Waals surface area contributed by atoms with Crippen molar-refractivity contribution in [1.29, 1.82) is 0 Å². The Labute approximate surface area is 119 Å². The minimum Gasteiger partial charge on any atom is -0.392 e. The summed E-state index contributed by atoms with van der Waals surface area (Å²) in [7, 11) is 0. The number of rotatable bonds is 6. The molecule has 2 aliphatic rings. The summed E-state index contributed by atoms with van der Waals surface area (Å²) in [6, 6.07) is 0.572. The standard InChI is InChI=1S/C17H33NO/c1-6-12(7-2)14(19)11-18-15-16(3,4)13-8-9-17(15,5)10-13/h12-15,18-19H,6-11H2,1-5H3. The van der Waals surface area contributed by atoms with E-state index in [1.165, 1.54) is 19.3 Å². The van der Waals surface area contributed by atoms with E-state index in [-0.39, 0.29) is 6.10 Å². The molecule has 0 aliphatic heterocycles. The molecule has 0 aromatic carbocycles. The molecule has 2 heteroatoms. The molecule has 2 nitrogen and oxygen atoms in total. The molecule has 2 fully saturated rings. The second kappa shape index (κ2) is 5.37. The first-order valence-corrected chi connectivity index (χ1v) is 8.26. The van der Waals surface area contributed by atoms with Crippen LogP contribution in [0, 0.1) is 22.7 Å². The van der Waals surface area contributed by atoms with Gasteiger partial charge in [0.15, 0.2) is 0 Å². The van der Waals surface area contributed by atoms with E-state index in [1.807, 2.05) is 0 Å². The predicted molar refractivity (Wildman–Crippen MR) is 81.1 cm³/mol. The van der Waals surface area contributed by atoms with Gasteiger partial charge in [-0.2, -0.15) is 0 Å². The van der Waals surface area contributed by atoms with Crippen LogP contribution in [0.5, 0.6) is 0 Å². The van der Waals surface area contributed by atoms with E-state index >= 15 is 0 Å². The minimum atomic E-state index is -0.187. The molecule has 2 aliphatic carbocycles. The molecule has 0 aromatic rings. The average Bonchev–Trinajstić information content (AvgIpc) is 2.81. The van der Waals surface area contributed by atoms with Crippen LogP contribution in [0.1, 0.15) is 66.7 Å². The fourth-order valence-electron chi connectivity index (χ4n) is 5.05. The zero-order chi connectivity index (χ0) is 14.3. The highest BCUT2D eigenvalue weighted by molar-refractivity contribution is 5.12. The Morgan fingerprint density at radius 3 is 2.32 bits per heavy atom. The molecule has 2 N–H and O–H groups in total. The van der Waals surface area contributed by atoms with Crippen molar-refractivity contribution in [2.75, 3.05) is 6.54 Å². The molecule has 4 atom stereocenters. The minimum absolute atomic E-state index is 0.187. The first kappa shape index (κ1) is 15.3. The molecule has 2 saturated carbocycles. The zero-order valence-corrected chi connectivity index (χ0v) is 13.5. The number of nitrogens with one attached hydrogen (secondary N) is 1. The van der Waals surface area contributed by atoms with Gasteiger partial charge in [0.1, 0.15) is 0 Å². The number of hydrogen-bond acceptors (Lipinski definition) is 2. The zero-order valence-electron chi connectivity index (χ0n) is 13.5. The van der Waals surface area contributed by atoms with Crippen LogP contribution in [0.3, 0.4) is 0 Å². The smallest absolute Gasteiger partial charge is 0.0692 e. The third-order valence-electron chi connectivity index (χ3n) is 6.39. The van der Waals surface area contributed by atoms with Gasteiger partial charge in [-0.3, -0.25) is 0 Å². The Hall–Kier alpha value is -0.0800. The van der Waals surface area contributed by atoms with Gasteiger partial charge in [-0.15, -0.1) is 0 Å².